The van der Waals surface area contributed by atoms with E-state index in [0.29, 0.717) is 42.1 Å². The SMILES string of the molecule is CCCCCC1CCC(COc2cc(Cc3cc(F)c(F)c(CCC)c3)cc(F)c2F)CC1. The third kappa shape index (κ3) is 7.22. The van der Waals surface area contributed by atoms with Gasteiger partial charge in [0.15, 0.2) is 23.2 Å². The molecular formula is C28H36F4O. The van der Waals surface area contributed by atoms with Gasteiger partial charge in [0.25, 0.3) is 0 Å². The van der Waals surface area contributed by atoms with Crippen LogP contribution in [0.3, 0.4) is 0 Å². The van der Waals surface area contributed by atoms with Crippen molar-refractivity contribution in [1.82, 2.24) is 0 Å². The monoisotopic (exact) mass is 464 g/mol. The van der Waals surface area contributed by atoms with E-state index in [1.54, 1.807) is 6.07 Å². The van der Waals surface area contributed by atoms with E-state index >= 15 is 0 Å². The summed E-state index contributed by atoms with van der Waals surface area (Å²) in [7, 11) is 0. The first-order valence-electron chi connectivity index (χ1n) is 12.5. The van der Waals surface area contributed by atoms with Gasteiger partial charge >= 0.3 is 0 Å². The number of unbranched alkanes of at least 4 members (excludes halogenated alkanes) is 2. The normalized spacial score (nSPS) is 18.5. The fraction of sp³-hybridized carbons (Fsp3) is 0.571. The Morgan fingerprint density at radius 3 is 2.06 bits per heavy atom. The molecule has 33 heavy (non-hydrogen) atoms. The van der Waals surface area contributed by atoms with Crippen LogP contribution in [0.4, 0.5) is 17.6 Å². The molecule has 0 amide bonds. The van der Waals surface area contributed by atoms with Crippen LogP contribution in [0.2, 0.25) is 0 Å². The molecule has 1 saturated carbocycles. The molecule has 0 aromatic heterocycles. The molecule has 1 nitrogen and oxygen atoms in total. The van der Waals surface area contributed by atoms with Crippen LogP contribution in [0.1, 0.15) is 88.3 Å². The predicted molar refractivity (Wildman–Crippen MR) is 125 cm³/mol. The van der Waals surface area contributed by atoms with Crippen LogP contribution in [0.25, 0.3) is 0 Å². The number of aryl methyl sites for hydroxylation is 1. The Morgan fingerprint density at radius 2 is 1.39 bits per heavy atom. The van der Waals surface area contributed by atoms with Gasteiger partial charge in [0.1, 0.15) is 0 Å². The van der Waals surface area contributed by atoms with Gasteiger partial charge in [-0.2, -0.15) is 4.39 Å². The Kier molecular flexibility index (Phi) is 9.64. The first-order valence-corrected chi connectivity index (χ1v) is 12.5. The van der Waals surface area contributed by atoms with E-state index < -0.39 is 23.3 Å². The molecule has 2 aromatic carbocycles. The lowest BCUT2D eigenvalue weighted by atomic mass is 9.80. The van der Waals surface area contributed by atoms with Crippen LogP contribution in [-0.4, -0.2) is 6.61 Å². The number of ether oxygens (including phenoxy) is 1. The van der Waals surface area contributed by atoms with Crippen LogP contribution in [-0.2, 0) is 12.8 Å². The number of benzene rings is 2. The van der Waals surface area contributed by atoms with Gasteiger partial charge in [-0.3, -0.25) is 0 Å². The molecule has 2 aromatic rings. The van der Waals surface area contributed by atoms with Gasteiger partial charge in [-0.15, -0.1) is 0 Å². The summed E-state index contributed by atoms with van der Waals surface area (Å²) in [5, 5.41) is 0. The molecule has 1 fully saturated rings. The first kappa shape index (κ1) is 25.6. The quantitative estimate of drug-likeness (QED) is 0.239. The highest BCUT2D eigenvalue weighted by Crippen LogP contribution is 2.33. The first-order chi connectivity index (χ1) is 15.9. The average Bonchev–Trinajstić information content (AvgIpc) is 2.79. The molecule has 0 bridgehead atoms. The topological polar surface area (TPSA) is 9.23 Å². The van der Waals surface area contributed by atoms with Gasteiger partial charge in [0, 0.05) is 0 Å². The number of halogens is 4. The Bertz CT molecular complexity index is 903. The Hall–Kier alpha value is -2.04. The molecular weight excluding hydrogens is 428 g/mol. The van der Waals surface area contributed by atoms with Gasteiger partial charge < -0.3 is 4.74 Å². The second-order valence-corrected chi connectivity index (χ2v) is 9.56. The summed E-state index contributed by atoms with van der Waals surface area (Å²) < 4.78 is 62.3. The summed E-state index contributed by atoms with van der Waals surface area (Å²) >= 11 is 0. The maximum Gasteiger partial charge on any atom is 0.200 e. The summed E-state index contributed by atoms with van der Waals surface area (Å²) in [6, 6.07) is 5.30. The maximum atomic E-state index is 14.4. The highest BCUT2D eigenvalue weighted by molar-refractivity contribution is 5.36. The van der Waals surface area contributed by atoms with Crippen LogP contribution >= 0.6 is 0 Å². The molecule has 0 atom stereocenters. The lowest BCUT2D eigenvalue weighted by molar-refractivity contribution is 0.172. The van der Waals surface area contributed by atoms with Crippen molar-refractivity contribution >= 4 is 0 Å². The smallest absolute Gasteiger partial charge is 0.200 e. The van der Waals surface area contributed by atoms with Crippen molar-refractivity contribution in [2.45, 2.75) is 84.5 Å². The zero-order valence-corrected chi connectivity index (χ0v) is 19.9. The number of rotatable bonds is 11. The molecule has 0 spiro atoms. The molecule has 0 saturated heterocycles. The highest BCUT2D eigenvalue weighted by Gasteiger charge is 2.22. The zero-order valence-electron chi connectivity index (χ0n) is 19.9. The van der Waals surface area contributed by atoms with E-state index in [0.717, 1.165) is 30.9 Å². The number of hydrogen-bond donors (Lipinski definition) is 0. The van der Waals surface area contributed by atoms with E-state index in [9.17, 15) is 17.6 Å². The third-order valence-corrected chi connectivity index (χ3v) is 6.80. The highest BCUT2D eigenvalue weighted by atomic mass is 19.2. The number of hydrogen-bond acceptors (Lipinski definition) is 1. The standard InChI is InChI=1S/C28H36F4O/c1-3-5-6-8-19-9-11-20(12-10-19)18-33-26-17-22(16-25(30)28(26)32)13-21-14-23(7-4-2)27(31)24(29)15-21/h14-17,19-20H,3-13,18H2,1-2H3. The van der Waals surface area contributed by atoms with E-state index in [2.05, 4.69) is 6.92 Å². The Balaban J connectivity index is 1.62. The minimum absolute atomic E-state index is 0.105. The van der Waals surface area contributed by atoms with Gasteiger partial charge in [0.05, 0.1) is 6.61 Å². The molecule has 182 valence electrons. The second kappa shape index (κ2) is 12.4. The molecule has 3 rings (SSSR count). The molecule has 0 N–H and O–H groups in total. The molecule has 0 aliphatic heterocycles. The lowest BCUT2D eigenvalue weighted by Gasteiger charge is -2.28. The van der Waals surface area contributed by atoms with Crippen molar-refractivity contribution < 1.29 is 22.3 Å². The summed E-state index contributed by atoms with van der Waals surface area (Å²) in [5.41, 5.74) is 1.30. The molecule has 0 radical (unpaired) electrons. The second-order valence-electron chi connectivity index (χ2n) is 9.56. The minimum atomic E-state index is -0.996. The van der Waals surface area contributed by atoms with Crippen molar-refractivity contribution in [3.8, 4) is 5.75 Å². The average molecular weight is 465 g/mol. The molecule has 0 heterocycles. The predicted octanol–water partition coefficient (Wildman–Crippen LogP) is 8.55. The van der Waals surface area contributed by atoms with Crippen LogP contribution in [0, 0.1) is 35.1 Å². The van der Waals surface area contributed by atoms with Crippen molar-refractivity contribution in [2.75, 3.05) is 6.61 Å². The van der Waals surface area contributed by atoms with E-state index in [1.165, 1.54) is 44.6 Å². The Morgan fingerprint density at radius 1 is 0.758 bits per heavy atom. The Labute approximate surface area is 195 Å². The van der Waals surface area contributed by atoms with Gasteiger partial charge in [0.2, 0.25) is 5.82 Å². The molecule has 0 unspecified atom stereocenters. The van der Waals surface area contributed by atoms with Crippen molar-refractivity contribution in [3.05, 3.63) is 64.2 Å². The maximum absolute atomic E-state index is 14.4. The minimum Gasteiger partial charge on any atom is -0.490 e. The third-order valence-electron chi connectivity index (χ3n) is 6.80. The van der Waals surface area contributed by atoms with Crippen molar-refractivity contribution in [1.29, 1.82) is 0 Å². The summed E-state index contributed by atoms with van der Waals surface area (Å²) in [6.45, 7) is 4.47. The lowest BCUT2D eigenvalue weighted by Crippen LogP contribution is -2.20. The summed E-state index contributed by atoms with van der Waals surface area (Å²) in [6.07, 6.45) is 10.8. The van der Waals surface area contributed by atoms with Crippen LogP contribution < -0.4 is 4.74 Å². The van der Waals surface area contributed by atoms with Crippen LogP contribution in [0.15, 0.2) is 24.3 Å². The summed E-state index contributed by atoms with van der Waals surface area (Å²) in [5.74, 6) is -2.72. The van der Waals surface area contributed by atoms with E-state index in [-0.39, 0.29) is 12.2 Å². The molecule has 5 heteroatoms. The van der Waals surface area contributed by atoms with Crippen LogP contribution in [0.5, 0.6) is 5.75 Å². The van der Waals surface area contributed by atoms with E-state index in [1.807, 2.05) is 6.92 Å². The van der Waals surface area contributed by atoms with Crippen molar-refractivity contribution in [3.63, 3.8) is 0 Å². The molecule has 1 aliphatic rings. The molecule has 1 aliphatic carbocycles. The summed E-state index contributed by atoms with van der Waals surface area (Å²) in [4.78, 5) is 0. The van der Waals surface area contributed by atoms with Gasteiger partial charge in [-0.05, 0) is 72.4 Å². The van der Waals surface area contributed by atoms with Gasteiger partial charge in [-0.25, -0.2) is 13.2 Å². The largest absolute Gasteiger partial charge is 0.490 e. The van der Waals surface area contributed by atoms with E-state index in [4.69, 9.17) is 4.74 Å². The van der Waals surface area contributed by atoms with Gasteiger partial charge in [-0.1, -0.05) is 64.9 Å². The fourth-order valence-electron chi connectivity index (χ4n) is 4.90. The fourth-order valence-corrected chi connectivity index (χ4v) is 4.90. The van der Waals surface area contributed by atoms with Crippen molar-refractivity contribution in [2.24, 2.45) is 11.8 Å². The zero-order chi connectivity index (χ0) is 23.8.